The molecule has 0 atom stereocenters. The molecule has 25 heavy (non-hydrogen) atoms. The number of rotatable bonds is 3. The number of benzene rings is 2. The monoisotopic (exact) mass is 355 g/mol. The molecule has 0 N–H and O–H groups in total. The van der Waals surface area contributed by atoms with Crippen molar-refractivity contribution in [2.24, 2.45) is 4.99 Å². The van der Waals surface area contributed by atoms with E-state index in [9.17, 15) is 13.2 Å². The molecule has 0 amide bonds. The van der Waals surface area contributed by atoms with Crippen molar-refractivity contribution in [3.8, 4) is 23.8 Å². The van der Waals surface area contributed by atoms with Crippen molar-refractivity contribution in [3.63, 3.8) is 0 Å². The second kappa shape index (κ2) is 9.45. The second-order valence-electron chi connectivity index (χ2n) is 4.99. The average molecular weight is 355 g/mol. The van der Waals surface area contributed by atoms with E-state index in [2.05, 4.69) is 41.0 Å². The first-order chi connectivity index (χ1) is 12.1. The first kappa shape index (κ1) is 18.5. The Hall–Kier alpha value is -2.85. The summed E-state index contributed by atoms with van der Waals surface area (Å²) in [6.07, 6.45) is 1.13. The molecule has 2 aromatic rings. The number of isothiocyanates is 1. The van der Waals surface area contributed by atoms with Gasteiger partial charge in [0.2, 0.25) is 0 Å². The molecule has 0 radical (unpaired) electrons. The maximum absolute atomic E-state index is 14.0. The van der Waals surface area contributed by atoms with Crippen LogP contribution in [0.4, 0.5) is 13.2 Å². The van der Waals surface area contributed by atoms with Crippen LogP contribution in [0, 0.1) is 35.4 Å². The fraction of sp³-hybridized carbons (Fsp3) is 0.150. The highest BCUT2D eigenvalue weighted by Crippen LogP contribution is 2.14. The van der Waals surface area contributed by atoms with Crippen LogP contribution in [0.1, 0.15) is 28.7 Å². The SMILES string of the molecule is FCCCc1ccc(C#Cc2cc(F)c(C#CN=C=S)cc2F)cc1. The standard InChI is InChI=1S/C20H12F3NS/c21-10-1-2-15-3-5-16(6-4-15)7-8-17-12-20(23)18(13-19(17)22)9-11-24-14-25/h3-6,12-13H,1-2,10H2. The minimum Gasteiger partial charge on any atom is -0.251 e. The maximum Gasteiger partial charge on any atom is 0.140 e. The Morgan fingerprint density at radius 1 is 0.920 bits per heavy atom. The molecule has 2 aromatic carbocycles. The van der Waals surface area contributed by atoms with Gasteiger partial charge in [-0.3, -0.25) is 4.39 Å². The van der Waals surface area contributed by atoms with Gasteiger partial charge in [0.1, 0.15) is 11.6 Å². The Labute approximate surface area is 149 Å². The van der Waals surface area contributed by atoms with E-state index < -0.39 is 11.6 Å². The topological polar surface area (TPSA) is 12.4 Å². The second-order valence-corrected chi connectivity index (χ2v) is 5.17. The molecule has 0 bridgehead atoms. The summed E-state index contributed by atoms with van der Waals surface area (Å²) in [5, 5.41) is 2.01. The van der Waals surface area contributed by atoms with E-state index in [0.717, 1.165) is 17.7 Å². The normalized spacial score (nSPS) is 9.24. The van der Waals surface area contributed by atoms with E-state index in [4.69, 9.17) is 0 Å². The van der Waals surface area contributed by atoms with Crippen molar-refractivity contribution in [2.45, 2.75) is 12.8 Å². The van der Waals surface area contributed by atoms with Crippen LogP contribution in [0.25, 0.3) is 0 Å². The predicted molar refractivity (Wildman–Crippen MR) is 95.0 cm³/mol. The van der Waals surface area contributed by atoms with Gasteiger partial charge < -0.3 is 0 Å². The number of aliphatic imine (C=N–C) groups is 1. The van der Waals surface area contributed by atoms with Gasteiger partial charge in [0.25, 0.3) is 0 Å². The van der Waals surface area contributed by atoms with Crippen molar-refractivity contribution in [2.75, 3.05) is 6.67 Å². The third kappa shape index (κ3) is 5.62. The molecule has 0 aliphatic carbocycles. The lowest BCUT2D eigenvalue weighted by Gasteiger charge is -1.99. The van der Waals surface area contributed by atoms with Gasteiger partial charge in [-0.25, -0.2) is 8.78 Å². The van der Waals surface area contributed by atoms with Gasteiger partial charge in [-0.05, 0) is 60.8 Å². The zero-order valence-corrected chi connectivity index (χ0v) is 13.9. The fourth-order valence-electron chi connectivity index (χ4n) is 2.01. The van der Waals surface area contributed by atoms with Crippen LogP contribution in [0.2, 0.25) is 0 Å². The lowest BCUT2D eigenvalue weighted by atomic mass is 10.1. The van der Waals surface area contributed by atoms with E-state index in [0.29, 0.717) is 18.4 Å². The van der Waals surface area contributed by atoms with E-state index in [-0.39, 0.29) is 17.8 Å². The Morgan fingerprint density at radius 3 is 2.16 bits per heavy atom. The predicted octanol–water partition coefficient (Wildman–Crippen LogP) is 4.68. The van der Waals surface area contributed by atoms with Gasteiger partial charge in [-0.15, -0.1) is 4.99 Å². The molecule has 0 heterocycles. The Balaban J connectivity index is 2.21. The van der Waals surface area contributed by atoms with Crippen LogP contribution in [-0.4, -0.2) is 11.8 Å². The summed E-state index contributed by atoms with van der Waals surface area (Å²) < 4.78 is 40.0. The molecule has 0 aliphatic rings. The number of thiocarbonyl (C=S) groups is 1. The van der Waals surface area contributed by atoms with Crippen LogP contribution >= 0.6 is 12.2 Å². The minimum atomic E-state index is -0.695. The zero-order valence-electron chi connectivity index (χ0n) is 13.1. The van der Waals surface area contributed by atoms with Gasteiger partial charge in [-0.1, -0.05) is 24.0 Å². The Kier molecular flexibility index (Phi) is 6.99. The summed E-state index contributed by atoms with van der Waals surface area (Å²) in [4.78, 5) is 3.33. The molecular formula is C20H12F3NS. The summed E-state index contributed by atoms with van der Waals surface area (Å²) in [5.41, 5.74) is 1.46. The molecule has 0 fully saturated rings. The van der Waals surface area contributed by atoms with Gasteiger partial charge in [0.15, 0.2) is 0 Å². The molecule has 0 unspecified atom stereocenters. The molecule has 1 nitrogen and oxygen atoms in total. The van der Waals surface area contributed by atoms with Crippen molar-refractivity contribution >= 4 is 17.4 Å². The number of aryl methyl sites for hydroxylation is 1. The molecule has 2 rings (SSSR count). The Morgan fingerprint density at radius 2 is 1.56 bits per heavy atom. The Bertz CT molecular complexity index is 922. The molecule has 0 aromatic heterocycles. The van der Waals surface area contributed by atoms with E-state index in [1.165, 1.54) is 0 Å². The van der Waals surface area contributed by atoms with Gasteiger partial charge in [0, 0.05) is 5.56 Å². The molecule has 0 saturated carbocycles. The fourth-order valence-corrected chi connectivity index (χ4v) is 2.06. The van der Waals surface area contributed by atoms with Gasteiger partial charge in [-0.2, -0.15) is 0 Å². The van der Waals surface area contributed by atoms with E-state index >= 15 is 0 Å². The molecule has 124 valence electrons. The van der Waals surface area contributed by atoms with E-state index in [1.54, 1.807) is 12.1 Å². The summed E-state index contributed by atoms with van der Waals surface area (Å²) >= 11 is 4.33. The molecule has 0 aliphatic heterocycles. The van der Waals surface area contributed by atoms with Crippen LogP contribution in [-0.2, 0) is 6.42 Å². The van der Waals surface area contributed by atoms with Gasteiger partial charge >= 0.3 is 0 Å². The lowest BCUT2D eigenvalue weighted by molar-refractivity contribution is 0.473. The highest BCUT2D eigenvalue weighted by Gasteiger charge is 2.07. The van der Waals surface area contributed by atoms with Crippen molar-refractivity contribution in [1.29, 1.82) is 0 Å². The average Bonchev–Trinajstić information content (AvgIpc) is 2.62. The highest BCUT2D eigenvalue weighted by atomic mass is 32.1. The first-order valence-electron chi connectivity index (χ1n) is 7.38. The third-order valence-electron chi connectivity index (χ3n) is 3.24. The number of hydrogen-bond acceptors (Lipinski definition) is 2. The van der Waals surface area contributed by atoms with E-state index in [1.807, 2.05) is 17.3 Å². The van der Waals surface area contributed by atoms with Crippen molar-refractivity contribution < 1.29 is 13.2 Å². The van der Waals surface area contributed by atoms with Crippen molar-refractivity contribution in [3.05, 3.63) is 70.3 Å². The summed E-state index contributed by atoms with van der Waals surface area (Å²) in [6, 6.07) is 11.4. The quantitative estimate of drug-likeness (QED) is 0.442. The number of halogens is 3. The summed E-state index contributed by atoms with van der Waals surface area (Å²) in [5.74, 6) is 6.35. The molecule has 5 heteroatoms. The number of nitrogens with zero attached hydrogens (tertiary/aromatic N) is 1. The summed E-state index contributed by atoms with van der Waals surface area (Å²) in [7, 11) is 0. The van der Waals surface area contributed by atoms with Crippen molar-refractivity contribution in [1.82, 2.24) is 0 Å². The number of alkyl halides is 1. The van der Waals surface area contributed by atoms with Crippen LogP contribution in [0.3, 0.4) is 0 Å². The molecule has 0 spiro atoms. The smallest absolute Gasteiger partial charge is 0.140 e. The number of hydrogen-bond donors (Lipinski definition) is 0. The first-order valence-corrected chi connectivity index (χ1v) is 7.78. The molecular weight excluding hydrogens is 343 g/mol. The minimum absolute atomic E-state index is 0.0668. The molecule has 0 saturated heterocycles. The van der Waals surface area contributed by atoms with Crippen LogP contribution < -0.4 is 0 Å². The lowest BCUT2D eigenvalue weighted by Crippen LogP contribution is -1.91. The summed E-state index contributed by atoms with van der Waals surface area (Å²) in [6.45, 7) is -0.357. The van der Waals surface area contributed by atoms with Crippen LogP contribution in [0.15, 0.2) is 41.4 Å². The largest absolute Gasteiger partial charge is 0.251 e. The third-order valence-corrected chi connectivity index (χ3v) is 3.33. The van der Waals surface area contributed by atoms with Crippen LogP contribution in [0.5, 0.6) is 0 Å². The zero-order chi connectivity index (χ0) is 18.1. The van der Waals surface area contributed by atoms with Gasteiger partial charge in [0.05, 0.1) is 29.0 Å². The highest BCUT2D eigenvalue weighted by molar-refractivity contribution is 7.78. The maximum atomic E-state index is 14.0.